The van der Waals surface area contributed by atoms with Crippen molar-refractivity contribution in [2.24, 2.45) is 17.6 Å². The van der Waals surface area contributed by atoms with Crippen LogP contribution in [0.1, 0.15) is 13.3 Å². The summed E-state index contributed by atoms with van der Waals surface area (Å²) in [6.45, 7) is 2.07. The van der Waals surface area contributed by atoms with Crippen LogP contribution in [0.2, 0.25) is 0 Å². The molecule has 0 amide bonds. The molecule has 3 heteroatoms. The van der Waals surface area contributed by atoms with Crippen molar-refractivity contribution < 1.29 is 9.90 Å². The molecule has 3 N–H and O–H groups in total. The van der Waals surface area contributed by atoms with E-state index < -0.39 is 12.0 Å². The third-order valence-corrected chi connectivity index (χ3v) is 2.40. The molecule has 0 saturated carbocycles. The molecule has 0 aromatic rings. The van der Waals surface area contributed by atoms with Crippen molar-refractivity contribution in [3.05, 3.63) is 24.3 Å². The number of nitrogens with two attached hydrogens (primary N) is 1. The normalized spacial score (nSPS) is 28.8. The van der Waals surface area contributed by atoms with Gasteiger partial charge in [-0.3, -0.25) is 4.79 Å². The van der Waals surface area contributed by atoms with Crippen molar-refractivity contribution in [1.82, 2.24) is 0 Å². The minimum Gasteiger partial charge on any atom is -0.480 e. The predicted octanol–water partition coefficient (Wildman–Crippen LogP) is 1.17. The number of carboxylic acid groups (broad SMARTS) is 1. The maximum Gasteiger partial charge on any atom is 0.320 e. The monoisotopic (exact) mass is 181 g/mol. The second-order valence-electron chi connectivity index (χ2n) is 3.47. The highest BCUT2D eigenvalue weighted by molar-refractivity contribution is 5.73. The lowest BCUT2D eigenvalue weighted by Gasteiger charge is -2.21. The van der Waals surface area contributed by atoms with E-state index in [1.54, 1.807) is 0 Å². The molecule has 0 fully saturated rings. The fourth-order valence-electron chi connectivity index (χ4n) is 1.45. The topological polar surface area (TPSA) is 63.3 Å². The highest BCUT2D eigenvalue weighted by Gasteiger charge is 2.20. The smallest absolute Gasteiger partial charge is 0.320 e. The van der Waals surface area contributed by atoms with Crippen LogP contribution in [-0.2, 0) is 4.79 Å². The van der Waals surface area contributed by atoms with Crippen molar-refractivity contribution in [2.45, 2.75) is 19.4 Å². The van der Waals surface area contributed by atoms with Gasteiger partial charge in [-0.2, -0.15) is 0 Å². The molecule has 1 aliphatic carbocycles. The summed E-state index contributed by atoms with van der Waals surface area (Å²) in [5.74, 6) is -0.276. The van der Waals surface area contributed by atoms with E-state index in [0.29, 0.717) is 12.3 Å². The highest BCUT2D eigenvalue weighted by atomic mass is 16.4. The Hall–Kier alpha value is -1.09. The van der Waals surface area contributed by atoms with Gasteiger partial charge in [-0.1, -0.05) is 31.2 Å². The molecule has 1 rings (SSSR count). The van der Waals surface area contributed by atoms with Crippen LogP contribution < -0.4 is 5.73 Å². The Kier molecular flexibility index (Phi) is 3.25. The van der Waals surface area contributed by atoms with Crippen molar-refractivity contribution in [1.29, 1.82) is 0 Å². The van der Waals surface area contributed by atoms with Crippen LogP contribution in [0.15, 0.2) is 24.3 Å². The summed E-state index contributed by atoms with van der Waals surface area (Å²) >= 11 is 0. The largest absolute Gasteiger partial charge is 0.480 e. The fraction of sp³-hybridized carbons (Fsp3) is 0.500. The Morgan fingerprint density at radius 3 is 2.69 bits per heavy atom. The molecule has 0 heterocycles. The van der Waals surface area contributed by atoms with E-state index in [1.165, 1.54) is 0 Å². The van der Waals surface area contributed by atoms with E-state index in [0.717, 1.165) is 0 Å². The molecule has 0 aliphatic heterocycles. The molecule has 3 atom stereocenters. The van der Waals surface area contributed by atoms with Gasteiger partial charge in [0.25, 0.3) is 0 Å². The van der Waals surface area contributed by atoms with Gasteiger partial charge in [0.15, 0.2) is 0 Å². The second kappa shape index (κ2) is 4.23. The van der Waals surface area contributed by atoms with Gasteiger partial charge in [0.1, 0.15) is 6.04 Å². The SMILES string of the molecule is CC1C=CC=CC1CC(N)C(=O)O. The van der Waals surface area contributed by atoms with Crippen LogP contribution in [0.4, 0.5) is 0 Å². The first-order chi connectivity index (χ1) is 6.11. The van der Waals surface area contributed by atoms with E-state index in [2.05, 4.69) is 13.0 Å². The van der Waals surface area contributed by atoms with Crippen LogP contribution in [0.3, 0.4) is 0 Å². The zero-order chi connectivity index (χ0) is 9.84. The van der Waals surface area contributed by atoms with Gasteiger partial charge in [0.05, 0.1) is 0 Å². The predicted molar refractivity (Wildman–Crippen MR) is 51.2 cm³/mol. The molecule has 0 aromatic heterocycles. The van der Waals surface area contributed by atoms with E-state index >= 15 is 0 Å². The van der Waals surface area contributed by atoms with Gasteiger partial charge in [-0.25, -0.2) is 0 Å². The number of allylic oxidation sites excluding steroid dienone is 4. The Bertz CT molecular complexity index is 245. The van der Waals surface area contributed by atoms with Gasteiger partial charge in [-0.15, -0.1) is 0 Å². The maximum absolute atomic E-state index is 10.5. The van der Waals surface area contributed by atoms with Gasteiger partial charge in [-0.05, 0) is 18.3 Å². The average molecular weight is 181 g/mol. The molecule has 3 nitrogen and oxygen atoms in total. The van der Waals surface area contributed by atoms with Crippen molar-refractivity contribution in [3.8, 4) is 0 Å². The molecule has 13 heavy (non-hydrogen) atoms. The fourth-order valence-corrected chi connectivity index (χ4v) is 1.45. The zero-order valence-corrected chi connectivity index (χ0v) is 7.68. The molecule has 0 aromatic carbocycles. The standard InChI is InChI=1S/C10H15NO2/c1-7-4-2-3-5-8(7)6-9(11)10(12)13/h2-5,7-9H,6,11H2,1H3,(H,12,13). The lowest BCUT2D eigenvalue weighted by atomic mass is 9.85. The van der Waals surface area contributed by atoms with E-state index in [-0.39, 0.29) is 5.92 Å². The van der Waals surface area contributed by atoms with Gasteiger partial charge < -0.3 is 10.8 Å². The minimum atomic E-state index is -0.921. The number of hydrogen-bond acceptors (Lipinski definition) is 2. The molecule has 0 bridgehead atoms. The van der Waals surface area contributed by atoms with E-state index in [1.807, 2.05) is 18.2 Å². The van der Waals surface area contributed by atoms with Gasteiger partial charge in [0, 0.05) is 0 Å². The van der Waals surface area contributed by atoms with Crippen LogP contribution in [0, 0.1) is 11.8 Å². The van der Waals surface area contributed by atoms with Crippen LogP contribution >= 0.6 is 0 Å². The second-order valence-corrected chi connectivity index (χ2v) is 3.47. The summed E-state index contributed by atoms with van der Waals surface area (Å²) in [4.78, 5) is 10.5. The minimum absolute atomic E-state index is 0.260. The van der Waals surface area contributed by atoms with Crippen LogP contribution in [0.5, 0.6) is 0 Å². The third kappa shape index (κ3) is 2.70. The summed E-state index contributed by atoms with van der Waals surface area (Å²) in [6, 6.07) is -0.747. The number of carbonyl (C=O) groups is 1. The van der Waals surface area contributed by atoms with Crippen molar-refractivity contribution in [2.75, 3.05) is 0 Å². The van der Waals surface area contributed by atoms with Crippen molar-refractivity contribution >= 4 is 5.97 Å². The van der Waals surface area contributed by atoms with Crippen molar-refractivity contribution in [3.63, 3.8) is 0 Å². The third-order valence-electron chi connectivity index (χ3n) is 2.40. The Morgan fingerprint density at radius 2 is 2.15 bits per heavy atom. The molecule has 72 valence electrons. The zero-order valence-electron chi connectivity index (χ0n) is 7.68. The Balaban J connectivity index is 2.49. The first-order valence-electron chi connectivity index (χ1n) is 4.44. The first kappa shape index (κ1) is 9.99. The quantitative estimate of drug-likeness (QED) is 0.687. The first-order valence-corrected chi connectivity index (χ1v) is 4.44. The van der Waals surface area contributed by atoms with Gasteiger partial charge >= 0.3 is 5.97 Å². The lowest BCUT2D eigenvalue weighted by molar-refractivity contribution is -0.138. The highest BCUT2D eigenvalue weighted by Crippen LogP contribution is 2.23. The van der Waals surface area contributed by atoms with E-state index in [9.17, 15) is 4.79 Å². The Labute approximate surface area is 77.9 Å². The molecule has 3 unspecified atom stereocenters. The van der Waals surface area contributed by atoms with Crippen LogP contribution in [0.25, 0.3) is 0 Å². The summed E-state index contributed by atoms with van der Waals surface area (Å²) in [5, 5.41) is 8.63. The van der Waals surface area contributed by atoms with Crippen LogP contribution in [-0.4, -0.2) is 17.1 Å². The molecule has 0 radical (unpaired) electrons. The number of carboxylic acids is 1. The Morgan fingerprint density at radius 1 is 1.54 bits per heavy atom. The molecule has 1 aliphatic rings. The lowest BCUT2D eigenvalue weighted by Crippen LogP contribution is -2.33. The summed E-state index contributed by atoms with van der Waals surface area (Å²) in [7, 11) is 0. The van der Waals surface area contributed by atoms with Gasteiger partial charge in [0.2, 0.25) is 0 Å². The summed E-state index contributed by atoms with van der Waals surface area (Å²) in [6.07, 6.45) is 8.52. The molecular formula is C10H15NO2. The maximum atomic E-state index is 10.5. The van der Waals surface area contributed by atoms with E-state index in [4.69, 9.17) is 10.8 Å². The number of hydrogen-bond donors (Lipinski definition) is 2. The molecular weight excluding hydrogens is 166 g/mol. The molecule has 0 spiro atoms. The number of rotatable bonds is 3. The molecule has 0 saturated heterocycles. The average Bonchev–Trinajstić information content (AvgIpc) is 2.08. The summed E-state index contributed by atoms with van der Waals surface area (Å²) < 4.78 is 0. The summed E-state index contributed by atoms with van der Waals surface area (Å²) in [5.41, 5.74) is 5.45. The number of aliphatic carboxylic acids is 1.